The van der Waals surface area contributed by atoms with Crippen molar-refractivity contribution in [3.8, 4) is 11.6 Å². The van der Waals surface area contributed by atoms with Gasteiger partial charge in [-0.15, -0.1) is 24.0 Å². The van der Waals surface area contributed by atoms with Crippen molar-refractivity contribution in [2.24, 2.45) is 4.99 Å². The number of benzene rings is 1. The minimum atomic E-state index is 0. The summed E-state index contributed by atoms with van der Waals surface area (Å²) in [6, 6.07) is 10.2. The molecular weight excluding hydrogens is 519 g/mol. The number of aryl methyl sites for hydroxylation is 1. The van der Waals surface area contributed by atoms with Gasteiger partial charge in [-0.25, -0.2) is 9.98 Å². The quantitative estimate of drug-likeness (QED) is 0.260. The first-order chi connectivity index (χ1) is 15.2. The van der Waals surface area contributed by atoms with Gasteiger partial charge in [0.1, 0.15) is 12.4 Å². The van der Waals surface area contributed by atoms with Crippen LogP contribution in [0.1, 0.15) is 43.4 Å². The molecule has 0 amide bonds. The number of halogens is 1. The zero-order valence-electron chi connectivity index (χ0n) is 19.2. The molecule has 1 aromatic heterocycles. The van der Waals surface area contributed by atoms with E-state index in [0.717, 1.165) is 48.8 Å². The zero-order valence-corrected chi connectivity index (χ0v) is 21.6. The Morgan fingerprint density at radius 2 is 2.06 bits per heavy atom. The summed E-state index contributed by atoms with van der Waals surface area (Å²) >= 11 is 0. The number of pyridine rings is 1. The van der Waals surface area contributed by atoms with Crippen molar-refractivity contribution in [1.29, 1.82) is 0 Å². The average molecular weight is 554 g/mol. The lowest BCUT2D eigenvalue weighted by Crippen LogP contribution is -2.36. The molecule has 1 atom stereocenters. The molecule has 7 nitrogen and oxygen atoms in total. The van der Waals surface area contributed by atoms with Crippen LogP contribution in [-0.2, 0) is 17.8 Å². The van der Waals surface area contributed by atoms with Crippen molar-refractivity contribution in [2.45, 2.75) is 52.8 Å². The first kappa shape index (κ1) is 26.2. The van der Waals surface area contributed by atoms with Crippen LogP contribution in [0.4, 0.5) is 0 Å². The summed E-state index contributed by atoms with van der Waals surface area (Å²) in [6.45, 7) is 10.0. The third-order valence-electron chi connectivity index (χ3n) is 4.97. The van der Waals surface area contributed by atoms with E-state index in [1.165, 1.54) is 5.56 Å². The number of guanidine groups is 1. The van der Waals surface area contributed by atoms with Crippen molar-refractivity contribution in [3.05, 3.63) is 53.2 Å². The Morgan fingerprint density at radius 1 is 1.19 bits per heavy atom. The number of nitrogens with zero attached hydrogens (tertiary/aromatic N) is 2. The standard InChI is InChI=1S/C24H34N4O3.HI/c1-4-25-24(27-15-19-10-11-26-23(14-19)29-5-2)28-16-20-9-8-18(3)13-22(20)31-17-21-7-6-12-30-21;/h8-11,13-14,21H,4-7,12,15-17H2,1-3H3,(H2,25,27,28);1H. The van der Waals surface area contributed by atoms with Gasteiger partial charge in [0, 0.05) is 37.5 Å². The maximum absolute atomic E-state index is 6.11. The molecule has 2 N–H and O–H groups in total. The second kappa shape index (κ2) is 14.2. The van der Waals surface area contributed by atoms with Crippen LogP contribution in [0.15, 0.2) is 41.5 Å². The van der Waals surface area contributed by atoms with Crippen molar-refractivity contribution in [3.63, 3.8) is 0 Å². The molecule has 1 aromatic carbocycles. The lowest BCUT2D eigenvalue weighted by atomic mass is 10.1. The van der Waals surface area contributed by atoms with E-state index in [1.54, 1.807) is 6.20 Å². The van der Waals surface area contributed by atoms with Gasteiger partial charge in [0.15, 0.2) is 5.96 Å². The normalized spacial score (nSPS) is 15.7. The molecule has 1 fully saturated rings. The highest BCUT2D eigenvalue weighted by molar-refractivity contribution is 14.0. The van der Waals surface area contributed by atoms with E-state index in [9.17, 15) is 0 Å². The molecular formula is C24H35IN4O3. The van der Waals surface area contributed by atoms with Crippen LogP contribution in [0.3, 0.4) is 0 Å². The van der Waals surface area contributed by atoms with Crippen LogP contribution < -0.4 is 20.1 Å². The third-order valence-corrected chi connectivity index (χ3v) is 4.97. The van der Waals surface area contributed by atoms with Crippen LogP contribution in [0.25, 0.3) is 0 Å². The molecule has 2 aromatic rings. The molecule has 1 saturated heterocycles. The SMILES string of the molecule is CCNC(=NCc1ccnc(OCC)c1)NCc1ccc(C)cc1OCC1CCCO1.I. The van der Waals surface area contributed by atoms with Gasteiger partial charge in [-0.2, -0.15) is 0 Å². The Labute approximate surface area is 208 Å². The smallest absolute Gasteiger partial charge is 0.213 e. The topological polar surface area (TPSA) is 77.0 Å². The van der Waals surface area contributed by atoms with Crippen molar-refractivity contribution in [2.75, 3.05) is 26.4 Å². The summed E-state index contributed by atoms with van der Waals surface area (Å²) in [5.41, 5.74) is 3.32. The molecule has 1 aliphatic rings. The number of hydrogen-bond acceptors (Lipinski definition) is 5. The number of aromatic nitrogens is 1. The number of nitrogens with one attached hydrogen (secondary N) is 2. The minimum Gasteiger partial charge on any atom is -0.491 e. The van der Waals surface area contributed by atoms with Crippen molar-refractivity contribution < 1.29 is 14.2 Å². The molecule has 176 valence electrons. The van der Waals surface area contributed by atoms with E-state index in [1.807, 2.05) is 19.1 Å². The number of ether oxygens (including phenoxy) is 3. The van der Waals surface area contributed by atoms with E-state index >= 15 is 0 Å². The van der Waals surface area contributed by atoms with E-state index in [-0.39, 0.29) is 30.1 Å². The highest BCUT2D eigenvalue weighted by Gasteiger charge is 2.17. The molecule has 0 spiro atoms. The largest absolute Gasteiger partial charge is 0.491 e. The minimum absolute atomic E-state index is 0. The summed E-state index contributed by atoms with van der Waals surface area (Å²) in [5.74, 6) is 2.28. The van der Waals surface area contributed by atoms with Gasteiger partial charge < -0.3 is 24.8 Å². The number of hydrogen-bond donors (Lipinski definition) is 2. The molecule has 3 rings (SSSR count). The van der Waals surface area contributed by atoms with Crippen LogP contribution in [0, 0.1) is 6.92 Å². The molecule has 1 unspecified atom stereocenters. The Hall–Kier alpha value is -2.07. The van der Waals surface area contributed by atoms with Crippen LogP contribution >= 0.6 is 24.0 Å². The van der Waals surface area contributed by atoms with E-state index in [2.05, 4.69) is 47.7 Å². The predicted molar refractivity (Wildman–Crippen MR) is 138 cm³/mol. The Morgan fingerprint density at radius 3 is 2.81 bits per heavy atom. The predicted octanol–water partition coefficient (Wildman–Crippen LogP) is 4.22. The first-order valence-electron chi connectivity index (χ1n) is 11.1. The van der Waals surface area contributed by atoms with Gasteiger partial charge in [-0.1, -0.05) is 12.1 Å². The lowest BCUT2D eigenvalue weighted by molar-refractivity contribution is 0.0676. The fourth-order valence-electron chi connectivity index (χ4n) is 3.37. The fraction of sp³-hybridized carbons (Fsp3) is 0.500. The van der Waals surface area contributed by atoms with Gasteiger partial charge in [0.05, 0.1) is 19.3 Å². The van der Waals surface area contributed by atoms with Crippen LogP contribution in [0.2, 0.25) is 0 Å². The van der Waals surface area contributed by atoms with E-state index < -0.39 is 0 Å². The summed E-state index contributed by atoms with van der Waals surface area (Å²) in [4.78, 5) is 8.91. The Balaban J connectivity index is 0.00000363. The summed E-state index contributed by atoms with van der Waals surface area (Å²) in [6.07, 6.45) is 4.13. The third kappa shape index (κ3) is 8.46. The lowest BCUT2D eigenvalue weighted by Gasteiger charge is -2.17. The first-order valence-corrected chi connectivity index (χ1v) is 11.1. The van der Waals surface area contributed by atoms with Crippen LogP contribution in [0.5, 0.6) is 11.6 Å². The average Bonchev–Trinajstić information content (AvgIpc) is 3.29. The van der Waals surface area contributed by atoms with Gasteiger partial charge in [-0.3, -0.25) is 0 Å². The van der Waals surface area contributed by atoms with E-state index in [0.29, 0.717) is 32.2 Å². The Kier molecular flexibility index (Phi) is 11.6. The van der Waals surface area contributed by atoms with Crippen molar-refractivity contribution in [1.82, 2.24) is 15.6 Å². The molecule has 32 heavy (non-hydrogen) atoms. The summed E-state index contributed by atoms with van der Waals surface area (Å²) < 4.78 is 17.3. The van der Waals surface area contributed by atoms with Crippen LogP contribution in [-0.4, -0.2) is 43.4 Å². The second-order valence-corrected chi connectivity index (χ2v) is 7.54. The highest BCUT2D eigenvalue weighted by Crippen LogP contribution is 2.22. The zero-order chi connectivity index (χ0) is 21.9. The Bertz CT molecular complexity index is 857. The van der Waals surface area contributed by atoms with Gasteiger partial charge in [-0.05, 0) is 56.9 Å². The number of rotatable bonds is 10. The highest BCUT2D eigenvalue weighted by atomic mass is 127. The van der Waals surface area contributed by atoms with Gasteiger partial charge >= 0.3 is 0 Å². The summed E-state index contributed by atoms with van der Waals surface area (Å²) in [5, 5.41) is 6.72. The maximum atomic E-state index is 6.11. The molecule has 0 bridgehead atoms. The van der Waals surface area contributed by atoms with Gasteiger partial charge in [0.25, 0.3) is 0 Å². The van der Waals surface area contributed by atoms with E-state index in [4.69, 9.17) is 19.2 Å². The fourth-order valence-corrected chi connectivity index (χ4v) is 3.37. The molecule has 0 aliphatic carbocycles. The monoisotopic (exact) mass is 554 g/mol. The molecule has 0 saturated carbocycles. The molecule has 2 heterocycles. The second-order valence-electron chi connectivity index (χ2n) is 7.54. The van der Waals surface area contributed by atoms with Crippen molar-refractivity contribution >= 4 is 29.9 Å². The number of aliphatic imine (C=N–C) groups is 1. The molecule has 0 radical (unpaired) electrons. The van der Waals surface area contributed by atoms with Gasteiger partial charge in [0.2, 0.25) is 5.88 Å². The maximum Gasteiger partial charge on any atom is 0.213 e. The molecule has 1 aliphatic heterocycles. The molecule has 8 heteroatoms. The summed E-state index contributed by atoms with van der Waals surface area (Å²) in [7, 11) is 0.